The molecule has 0 spiro atoms. The second-order valence-corrected chi connectivity index (χ2v) is 4.71. The summed E-state index contributed by atoms with van der Waals surface area (Å²) in [5.41, 5.74) is 2.53. The van der Waals surface area contributed by atoms with E-state index in [0.717, 1.165) is 26.9 Å². The van der Waals surface area contributed by atoms with Gasteiger partial charge in [-0.1, -0.05) is 28.1 Å². The maximum absolute atomic E-state index is 5.33. The minimum atomic E-state index is 0.735. The van der Waals surface area contributed by atoms with E-state index in [9.17, 15) is 0 Å². The SMILES string of the molecule is COc1ccc(Br)cc1-n1nc2ccccc2n1. The molecule has 0 saturated carbocycles. The van der Waals surface area contributed by atoms with E-state index in [1.165, 1.54) is 0 Å². The number of aromatic nitrogens is 3. The van der Waals surface area contributed by atoms with Gasteiger partial charge >= 0.3 is 0 Å². The van der Waals surface area contributed by atoms with Crippen molar-refractivity contribution >= 4 is 27.0 Å². The number of methoxy groups -OCH3 is 1. The van der Waals surface area contributed by atoms with Crippen LogP contribution in [0, 0.1) is 0 Å². The third-order valence-electron chi connectivity index (χ3n) is 2.64. The molecule has 0 aliphatic rings. The van der Waals surface area contributed by atoms with Crippen molar-refractivity contribution in [2.24, 2.45) is 0 Å². The molecule has 18 heavy (non-hydrogen) atoms. The van der Waals surface area contributed by atoms with E-state index in [1.54, 1.807) is 11.9 Å². The standard InChI is InChI=1S/C13H10BrN3O/c1-18-13-7-6-9(14)8-12(13)17-15-10-4-2-3-5-11(10)16-17/h2-8H,1H3. The normalized spacial score (nSPS) is 10.8. The molecule has 0 bridgehead atoms. The van der Waals surface area contributed by atoms with Gasteiger partial charge in [-0.25, -0.2) is 0 Å². The Kier molecular flexibility index (Phi) is 2.76. The zero-order chi connectivity index (χ0) is 12.5. The average molecular weight is 304 g/mol. The molecule has 0 saturated heterocycles. The maximum Gasteiger partial charge on any atom is 0.146 e. The zero-order valence-electron chi connectivity index (χ0n) is 9.67. The van der Waals surface area contributed by atoms with Crippen molar-refractivity contribution in [3.63, 3.8) is 0 Å². The lowest BCUT2D eigenvalue weighted by molar-refractivity contribution is 0.410. The smallest absolute Gasteiger partial charge is 0.146 e. The van der Waals surface area contributed by atoms with Crippen LogP contribution >= 0.6 is 15.9 Å². The third-order valence-corrected chi connectivity index (χ3v) is 3.14. The third kappa shape index (κ3) is 1.86. The van der Waals surface area contributed by atoms with Crippen LogP contribution in [0.1, 0.15) is 0 Å². The number of nitrogens with zero attached hydrogens (tertiary/aromatic N) is 3. The predicted octanol–water partition coefficient (Wildman–Crippen LogP) is 3.19. The summed E-state index contributed by atoms with van der Waals surface area (Å²) in [6.45, 7) is 0. The van der Waals surface area contributed by atoms with Gasteiger partial charge < -0.3 is 4.74 Å². The molecule has 0 amide bonds. The Morgan fingerprint density at radius 2 is 1.72 bits per heavy atom. The molecule has 2 aromatic carbocycles. The molecule has 1 aromatic heterocycles. The van der Waals surface area contributed by atoms with E-state index in [-0.39, 0.29) is 0 Å². The van der Waals surface area contributed by atoms with Crippen molar-refractivity contribution in [2.45, 2.75) is 0 Å². The van der Waals surface area contributed by atoms with Gasteiger partial charge in [0.1, 0.15) is 22.5 Å². The summed E-state index contributed by atoms with van der Waals surface area (Å²) >= 11 is 3.44. The van der Waals surface area contributed by atoms with E-state index >= 15 is 0 Å². The first-order valence-corrected chi connectivity index (χ1v) is 6.23. The maximum atomic E-state index is 5.33. The van der Waals surface area contributed by atoms with Gasteiger partial charge in [0, 0.05) is 4.47 Å². The molecule has 0 fully saturated rings. The molecule has 1 heterocycles. The number of rotatable bonds is 2. The topological polar surface area (TPSA) is 39.9 Å². The highest BCUT2D eigenvalue weighted by Gasteiger charge is 2.09. The molecule has 3 aromatic rings. The van der Waals surface area contributed by atoms with Crippen molar-refractivity contribution in [3.8, 4) is 11.4 Å². The average Bonchev–Trinajstić information content (AvgIpc) is 2.82. The van der Waals surface area contributed by atoms with E-state index < -0.39 is 0 Å². The van der Waals surface area contributed by atoms with Crippen LogP contribution in [0.2, 0.25) is 0 Å². The van der Waals surface area contributed by atoms with Crippen LogP contribution in [0.5, 0.6) is 5.75 Å². The fourth-order valence-electron chi connectivity index (χ4n) is 1.79. The first kappa shape index (κ1) is 11.2. The number of fused-ring (bicyclic) bond motifs is 1. The Morgan fingerprint density at radius 3 is 2.33 bits per heavy atom. The van der Waals surface area contributed by atoms with E-state index in [4.69, 9.17) is 4.74 Å². The summed E-state index contributed by atoms with van der Waals surface area (Å²) in [4.78, 5) is 1.59. The van der Waals surface area contributed by atoms with Crippen LogP contribution in [0.15, 0.2) is 46.9 Å². The van der Waals surface area contributed by atoms with Crippen molar-refractivity contribution in [2.75, 3.05) is 7.11 Å². The lowest BCUT2D eigenvalue weighted by Crippen LogP contribution is -2.01. The van der Waals surface area contributed by atoms with Crippen molar-refractivity contribution < 1.29 is 4.74 Å². The number of hydrogen-bond acceptors (Lipinski definition) is 3. The molecule has 5 heteroatoms. The highest BCUT2D eigenvalue weighted by Crippen LogP contribution is 2.26. The summed E-state index contributed by atoms with van der Waals surface area (Å²) in [6, 6.07) is 13.5. The van der Waals surface area contributed by atoms with Crippen LogP contribution in [0.4, 0.5) is 0 Å². The molecule has 0 N–H and O–H groups in total. The highest BCUT2D eigenvalue weighted by molar-refractivity contribution is 9.10. The summed E-state index contributed by atoms with van der Waals surface area (Å²) in [5.74, 6) is 0.735. The Morgan fingerprint density at radius 1 is 1.06 bits per heavy atom. The fourth-order valence-corrected chi connectivity index (χ4v) is 2.14. The van der Waals surface area contributed by atoms with Gasteiger partial charge in [0.15, 0.2) is 0 Å². The molecular weight excluding hydrogens is 294 g/mol. The summed E-state index contributed by atoms with van der Waals surface area (Å²) in [6.07, 6.45) is 0. The molecule has 0 aliphatic carbocycles. The van der Waals surface area contributed by atoms with Gasteiger partial charge in [0.05, 0.1) is 7.11 Å². The molecule has 0 unspecified atom stereocenters. The molecule has 90 valence electrons. The Balaban J connectivity index is 2.22. The van der Waals surface area contributed by atoms with Crippen LogP contribution in [0.3, 0.4) is 0 Å². The Hall–Kier alpha value is -1.88. The molecule has 0 atom stereocenters. The predicted molar refractivity (Wildman–Crippen MR) is 73.1 cm³/mol. The second-order valence-electron chi connectivity index (χ2n) is 3.79. The number of ether oxygens (including phenoxy) is 1. The van der Waals surface area contributed by atoms with Crippen LogP contribution in [0.25, 0.3) is 16.7 Å². The van der Waals surface area contributed by atoms with Crippen molar-refractivity contribution in [1.82, 2.24) is 15.0 Å². The second kappa shape index (κ2) is 4.42. The lowest BCUT2D eigenvalue weighted by Gasteiger charge is -2.07. The quantitative estimate of drug-likeness (QED) is 0.730. The largest absolute Gasteiger partial charge is 0.494 e. The van der Waals surface area contributed by atoms with Crippen LogP contribution in [-0.4, -0.2) is 22.1 Å². The molecule has 0 aliphatic heterocycles. The number of benzene rings is 2. The molecule has 4 nitrogen and oxygen atoms in total. The zero-order valence-corrected chi connectivity index (χ0v) is 11.3. The first-order valence-electron chi connectivity index (χ1n) is 5.44. The first-order chi connectivity index (χ1) is 8.78. The fraction of sp³-hybridized carbons (Fsp3) is 0.0769. The van der Waals surface area contributed by atoms with E-state index in [2.05, 4.69) is 26.1 Å². The van der Waals surface area contributed by atoms with Crippen LogP contribution < -0.4 is 4.74 Å². The van der Waals surface area contributed by atoms with Gasteiger partial charge in [-0.05, 0) is 30.3 Å². The summed E-state index contributed by atoms with van der Waals surface area (Å²) < 4.78 is 6.29. The molecule has 0 radical (unpaired) electrons. The summed E-state index contributed by atoms with van der Waals surface area (Å²) in [7, 11) is 1.63. The van der Waals surface area contributed by atoms with Gasteiger partial charge in [-0.3, -0.25) is 0 Å². The van der Waals surface area contributed by atoms with Gasteiger partial charge in [-0.2, -0.15) is 0 Å². The Labute approximate surface area is 112 Å². The Bertz CT molecular complexity index is 675. The van der Waals surface area contributed by atoms with Crippen LogP contribution in [-0.2, 0) is 0 Å². The monoisotopic (exact) mass is 303 g/mol. The minimum Gasteiger partial charge on any atom is -0.494 e. The van der Waals surface area contributed by atoms with E-state index in [0.29, 0.717) is 0 Å². The number of hydrogen-bond donors (Lipinski definition) is 0. The number of halogens is 1. The lowest BCUT2D eigenvalue weighted by atomic mass is 10.3. The van der Waals surface area contributed by atoms with Gasteiger partial charge in [-0.15, -0.1) is 15.0 Å². The minimum absolute atomic E-state index is 0.735. The molecular formula is C13H10BrN3O. The highest BCUT2D eigenvalue weighted by atomic mass is 79.9. The summed E-state index contributed by atoms with van der Waals surface area (Å²) in [5, 5.41) is 8.87. The van der Waals surface area contributed by atoms with Gasteiger partial charge in [0.2, 0.25) is 0 Å². The van der Waals surface area contributed by atoms with Gasteiger partial charge in [0.25, 0.3) is 0 Å². The van der Waals surface area contributed by atoms with E-state index in [1.807, 2.05) is 42.5 Å². The van der Waals surface area contributed by atoms with Crippen molar-refractivity contribution in [3.05, 3.63) is 46.9 Å². The molecule has 3 rings (SSSR count). The van der Waals surface area contributed by atoms with Crippen molar-refractivity contribution in [1.29, 1.82) is 0 Å².